The Hall–Kier alpha value is -3.68. The van der Waals surface area contributed by atoms with E-state index in [4.69, 9.17) is 9.47 Å². The number of rotatable bonds is 9. The first-order valence-electron chi connectivity index (χ1n) is 11.6. The molecule has 34 heavy (non-hydrogen) atoms. The van der Waals surface area contributed by atoms with Gasteiger partial charge in [-0.1, -0.05) is 0 Å². The summed E-state index contributed by atoms with van der Waals surface area (Å²) in [6.07, 6.45) is 1.74. The maximum atomic E-state index is 13.1. The molecule has 1 aliphatic heterocycles. The van der Waals surface area contributed by atoms with E-state index in [0.29, 0.717) is 32.0 Å². The fraction of sp³-hybridized carbons (Fsp3) is 0.346. The molecule has 1 N–H and O–H groups in total. The van der Waals surface area contributed by atoms with E-state index in [1.165, 1.54) is 12.1 Å². The largest absolute Gasteiger partial charge is 0.494 e. The maximum absolute atomic E-state index is 13.1. The van der Waals surface area contributed by atoms with Crippen LogP contribution in [0.1, 0.15) is 19.8 Å². The van der Waals surface area contributed by atoms with Gasteiger partial charge < -0.3 is 19.7 Å². The van der Waals surface area contributed by atoms with Crippen LogP contribution in [0.4, 0.5) is 10.2 Å². The van der Waals surface area contributed by atoms with Crippen molar-refractivity contribution in [2.45, 2.75) is 19.8 Å². The van der Waals surface area contributed by atoms with Gasteiger partial charge >= 0.3 is 0 Å². The van der Waals surface area contributed by atoms with Gasteiger partial charge in [-0.3, -0.25) is 4.79 Å². The van der Waals surface area contributed by atoms with Crippen molar-refractivity contribution in [1.82, 2.24) is 15.5 Å². The first-order chi connectivity index (χ1) is 16.6. The summed E-state index contributed by atoms with van der Waals surface area (Å²) in [7, 11) is 0. The number of benzene rings is 2. The average Bonchev–Trinajstić information content (AvgIpc) is 2.88. The number of piperidine rings is 1. The van der Waals surface area contributed by atoms with Crippen molar-refractivity contribution in [1.29, 1.82) is 0 Å². The van der Waals surface area contributed by atoms with Crippen LogP contribution in [0, 0.1) is 11.7 Å². The maximum Gasteiger partial charge on any atom is 0.225 e. The lowest BCUT2D eigenvalue weighted by Crippen LogP contribution is -2.44. The monoisotopic (exact) mass is 464 g/mol. The molecule has 1 fully saturated rings. The van der Waals surface area contributed by atoms with E-state index >= 15 is 0 Å². The molecular formula is C26H29FN4O3. The zero-order valence-electron chi connectivity index (χ0n) is 19.2. The van der Waals surface area contributed by atoms with Crippen LogP contribution in [0.3, 0.4) is 0 Å². The van der Waals surface area contributed by atoms with Crippen LogP contribution in [0.25, 0.3) is 11.3 Å². The molecule has 1 aromatic heterocycles. The highest BCUT2D eigenvalue weighted by molar-refractivity contribution is 5.79. The van der Waals surface area contributed by atoms with E-state index < -0.39 is 0 Å². The molecule has 0 radical (unpaired) electrons. The number of nitrogens with one attached hydrogen (secondary N) is 1. The van der Waals surface area contributed by atoms with Crippen LogP contribution < -0.4 is 19.7 Å². The summed E-state index contributed by atoms with van der Waals surface area (Å²) >= 11 is 0. The second kappa shape index (κ2) is 11.4. The van der Waals surface area contributed by atoms with Crippen molar-refractivity contribution >= 4 is 11.7 Å². The Kier molecular flexibility index (Phi) is 7.91. The smallest absolute Gasteiger partial charge is 0.225 e. The zero-order chi connectivity index (χ0) is 23.8. The molecule has 2 heterocycles. The number of carbonyl (C=O) groups is 1. The molecule has 1 atom stereocenters. The van der Waals surface area contributed by atoms with E-state index in [-0.39, 0.29) is 17.6 Å². The Balaban J connectivity index is 1.24. The Bertz CT molecular complexity index is 1060. The summed E-state index contributed by atoms with van der Waals surface area (Å²) in [4.78, 5) is 14.8. The predicted octanol–water partition coefficient (Wildman–Crippen LogP) is 4.09. The Morgan fingerprint density at radius 2 is 1.76 bits per heavy atom. The van der Waals surface area contributed by atoms with E-state index in [9.17, 15) is 9.18 Å². The van der Waals surface area contributed by atoms with Crippen LogP contribution >= 0.6 is 0 Å². The van der Waals surface area contributed by atoms with Gasteiger partial charge in [-0.2, -0.15) is 0 Å². The molecular weight excluding hydrogens is 435 g/mol. The molecule has 0 spiro atoms. The zero-order valence-corrected chi connectivity index (χ0v) is 19.2. The third-order valence-corrected chi connectivity index (χ3v) is 5.71. The van der Waals surface area contributed by atoms with Crippen LogP contribution in [0.15, 0.2) is 60.7 Å². The van der Waals surface area contributed by atoms with Gasteiger partial charge in [0.15, 0.2) is 5.82 Å². The Morgan fingerprint density at radius 1 is 1.03 bits per heavy atom. The number of amides is 1. The molecule has 0 aliphatic carbocycles. The first kappa shape index (κ1) is 23.5. The molecule has 1 aliphatic rings. The molecule has 3 aromatic rings. The molecule has 1 unspecified atom stereocenters. The molecule has 0 bridgehead atoms. The topological polar surface area (TPSA) is 76.6 Å². The Labute approximate surface area is 198 Å². The van der Waals surface area contributed by atoms with E-state index in [1.807, 2.05) is 43.3 Å². The van der Waals surface area contributed by atoms with Gasteiger partial charge in [0.05, 0.1) is 24.8 Å². The summed E-state index contributed by atoms with van der Waals surface area (Å²) in [5.41, 5.74) is 1.49. The number of ether oxygens (including phenoxy) is 2. The molecule has 7 nitrogen and oxygen atoms in total. The molecule has 1 amide bonds. The highest BCUT2D eigenvalue weighted by Crippen LogP contribution is 2.24. The lowest BCUT2D eigenvalue weighted by Gasteiger charge is -2.32. The molecule has 1 saturated heterocycles. The third kappa shape index (κ3) is 6.21. The first-order valence-corrected chi connectivity index (χ1v) is 11.6. The number of carbonyl (C=O) groups excluding carboxylic acids is 1. The summed E-state index contributed by atoms with van der Waals surface area (Å²) in [5.74, 6) is 1.91. The summed E-state index contributed by atoms with van der Waals surface area (Å²) in [5, 5.41) is 11.6. The van der Waals surface area contributed by atoms with Gasteiger partial charge in [0.25, 0.3) is 0 Å². The molecule has 0 saturated carbocycles. The Morgan fingerprint density at radius 3 is 2.44 bits per heavy atom. The third-order valence-electron chi connectivity index (χ3n) is 5.71. The number of anilines is 1. The van der Waals surface area contributed by atoms with Crippen molar-refractivity contribution in [3.05, 3.63) is 66.5 Å². The summed E-state index contributed by atoms with van der Waals surface area (Å²) in [6.45, 7) is 4.82. The number of aromatic nitrogens is 2. The highest BCUT2D eigenvalue weighted by atomic mass is 19.1. The van der Waals surface area contributed by atoms with Crippen molar-refractivity contribution < 1.29 is 18.7 Å². The minimum Gasteiger partial charge on any atom is -0.494 e. The minimum absolute atomic E-state index is 0.0240. The van der Waals surface area contributed by atoms with E-state index in [0.717, 1.165) is 42.3 Å². The number of halogens is 1. The molecule has 4 rings (SSSR count). The van der Waals surface area contributed by atoms with Gasteiger partial charge in [0.2, 0.25) is 5.91 Å². The van der Waals surface area contributed by atoms with Crippen molar-refractivity contribution in [2.24, 2.45) is 5.92 Å². The predicted molar refractivity (Wildman–Crippen MR) is 128 cm³/mol. The number of nitrogens with zero attached hydrogens (tertiary/aromatic N) is 3. The van der Waals surface area contributed by atoms with Crippen LogP contribution in [-0.2, 0) is 4.79 Å². The molecule has 178 valence electrons. The quantitative estimate of drug-likeness (QED) is 0.481. The summed E-state index contributed by atoms with van der Waals surface area (Å²) in [6, 6.07) is 17.4. The lowest BCUT2D eigenvalue weighted by molar-refractivity contribution is -0.125. The standard InChI is InChI=1S/C26H29FN4O3/c1-2-33-22-9-11-23(12-10-22)34-17-15-28-26(32)20-4-3-16-31(18-20)25-14-13-24(29-30-25)19-5-7-21(27)8-6-19/h5-14,20H,2-4,15-18H2,1H3,(H,28,32). The molecule has 2 aromatic carbocycles. The van der Waals surface area contributed by atoms with Gasteiger partial charge in [-0.15, -0.1) is 10.2 Å². The highest BCUT2D eigenvalue weighted by Gasteiger charge is 2.26. The SMILES string of the molecule is CCOc1ccc(OCCNC(=O)C2CCCN(c3ccc(-c4ccc(F)cc4)nn3)C2)cc1. The minimum atomic E-state index is -0.284. The van der Waals surface area contributed by atoms with E-state index in [1.54, 1.807) is 12.1 Å². The van der Waals surface area contributed by atoms with Crippen LogP contribution in [0.2, 0.25) is 0 Å². The van der Waals surface area contributed by atoms with Crippen LogP contribution in [0.5, 0.6) is 11.5 Å². The van der Waals surface area contributed by atoms with Crippen molar-refractivity contribution in [3.8, 4) is 22.8 Å². The lowest BCUT2D eigenvalue weighted by atomic mass is 9.97. The second-order valence-corrected chi connectivity index (χ2v) is 8.11. The van der Waals surface area contributed by atoms with Gasteiger partial charge in [-0.25, -0.2) is 4.39 Å². The van der Waals surface area contributed by atoms with Crippen LogP contribution in [-0.4, -0.2) is 49.0 Å². The van der Waals surface area contributed by atoms with Gasteiger partial charge in [-0.05, 0) is 80.4 Å². The number of hydrogen-bond acceptors (Lipinski definition) is 6. The van der Waals surface area contributed by atoms with Crippen molar-refractivity contribution in [2.75, 3.05) is 37.7 Å². The average molecular weight is 465 g/mol. The number of hydrogen-bond donors (Lipinski definition) is 1. The van der Waals surface area contributed by atoms with E-state index in [2.05, 4.69) is 20.4 Å². The summed E-state index contributed by atoms with van der Waals surface area (Å²) < 4.78 is 24.3. The molecule has 8 heteroatoms. The normalized spacial score (nSPS) is 15.6. The van der Waals surface area contributed by atoms with Gasteiger partial charge in [0.1, 0.15) is 23.9 Å². The fourth-order valence-corrected chi connectivity index (χ4v) is 3.95. The van der Waals surface area contributed by atoms with Gasteiger partial charge in [0, 0.05) is 18.7 Å². The second-order valence-electron chi connectivity index (χ2n) is 8.11. The fourth-order valence-electron chi connectivity index (χ4n) is 3.95. The van der Waals surface area contributed by atoms with Crippen molar-refractivity contribution in [3.63, 3.8) is 0 Å².